The van der Waals surface area contributed by atoms with Gasteiger partial charge in [-0.25, -0.2) is 0 Å². The molecule has 2 saturated heterocycles. The van der Waals surface area contributed by atoms with E-state index in [0.717, 1.165) is 25.3 Å². The molecule has 2 atom stereocenters. The molecule has 1 saturated carbocycles. The van der Waals surface area contributed by atoms with E-state index in [-0.39, 0.29) is 23.8 Å². The second kappa shape index (κ2) is 6.75. The summed E-state index contributed by atoms with van der Waals surface area (Å²) in [5.74, 6) is 1.46. The number of rotatable bonds is 3. The average molecular weight is 342 g/mol. The Morgan fingerprint density at radius 3 is 2.44 bits per heavy atom. The summed E-state index contributed by atoms with van der Waals surface area (Å²) in [5.41, 5.74) is 6.73. The van der Waals surface area contributed by atoms with Crippen molar-refractivity contribution >= 4 is 11.8 Å². The molecule has 2 N–H and O–H groups in total. The quantitative estimate of drug-likeness (QED) is 0.893. The number of amides is 2. The van der Waals surface area contributed by atoms with Crippen LogP contribution >= 0.6 is 0 Å². The van der Waals surface area contributed by atoms with Crippen molar-refractivity contribution in [1.82, 2.24) is 14.8 Å². The third kappa shape index (κ3) is 3.40. The molecule has 25 heavy (non-hydrogen) atoms. The summed E-state index contributed by atoms with van der Waals surface area (Å²) in [6, 6.07) is 5.51. The Morgan fingerprint density at radius 1 is 1.04 bits per heavy atom. The van der Waals surface area contributed by atoms with E-state index in [4.69, 9.17) is 5.73 Å². The lowest BCUT2D eigenvalue weighted by atomic mass is 9.95. The molecule has 0 bridgehead atoms. The van der Waals surface area contributed by atoms with Crippen molar-refractivity contribution in [3.05, 3.63) is 30.1 Å². The summed E-state index contributed by atoms with van der Waals surface area (Å²) in [6.07, 6.45) is 5.65. The van der Waals surface area contributed by atoms with Crippen LogP contribution in [0.4, 0.5) is 0 Å². The molecule has 2 amide bonds. The molecule has 0 radical (unpaired) electrons. The Kier molecular flexibility index (Phi) is 4.46. The Hall–Kier alpha value is -1.95. The van der Waals surface area contributed by atoms with Crippen molar-refractivity contribution in [3.8, 4) is 0 Å². The minimum atomic E-state index is -0.0384. The molecule has 2 aliphatic heterocycles. The fourth-order valence-electron chi connectivity index (χ4n) is 4.30. The summed E-state index contributed by atoms with van der Waals surface area (Å²) in [6.45, 7) is 2.78. The van der Waals surface area contributed by atoms with Crippen molar-refractivity contribution in [2.24, 2.45) is 23.5 Å². The number of hydrogen-bond acceptors (Lipinski definition) is 4. The number of aromatic nitrogens is 1. The van der Waals surface area contributed by atoms with Crippen LogP contribution in [0.1, 0.15) is 36.2 Å². The van der Waals surface area contributed by atoms with Gasteiger partial charge in [0.1, 0.15) is 5.69 Å². The number of nitrogens with two attached hydrogens (primary N) is 1. The van der Waals surface area contributed by atoms with E-state index in [1.165, 1.54) is 12.8 Å². The van der Waals surface area contributed by atoms with Crippen molar-refractivity contribution < 1.29 is 9.59 Å². The zero-order valence-electron chi connectivity index (χ0n) is 14.5. The number of piperidine rings is 1. The van der Waals surface area contributed by atoms with Crippen LogP contribution in [0, 0.1) is 17.8 Å². The molecule has 6 nitrogen and oxygen atoms in total. The Bertz CT molecular complexity index is 638. The third-order valence-corrected chi connectivity index (χ3v) is 5.97. The fraction of sp³-hybridized carbons (Fsp3) is 0.632. The summed E-state index contributed by atoms with van der Waals surface area (Å²) < 4.78 is 0. The van der Waals surface area contributed by atoms with E-state index >= 15 is 0 Å². The summed E-state index contributed by atoms with van der Waals surface area (Å²) >= 11 is 0. The van der Waals surface area contributed by atoms with Gasteiger partial charge in [-0.3, -0.25) is 14.6 Å². The Morgan fingerprint density at radius 2 is 1.80 bits per heavy atom. The highest BCUT2D eigenvalue weighted by Gasteiger charge is 2.43. The summed E-state index contributed by atoms with van der Waals surface area (Å²) in [4.78, 5) is 33.2. The van der Waals surface area contributed by atoms with Crippen LogP contribution in [-0.2, 0) is 4.79 Å². The van der Waals surface area contributed by atoms with E-state index in [1.54, 1.807) is 18.3 Å². The number of likely N-dealkylation sites (tertiary alicyclic amines) is 2. The van der Waals surface area contributed by atoms with Crippen LogP contribution < -0.4 is 5.73 Å². The number of hydrogen-bond donors (Lipinski definition) is 1. The zero-order valence-corrected chi connectivity index (χ0v) is 14.5. The maximum Gasteiger partial charge on any atom is 0.272 e. The van der Waals surface area contributed by atoms with E-state index in [9.17, 15) is 9.59 Å². The molecule has 0 unspecified atom stereocenters. The molecule has 0 aromatic carbocycles. The highest BCUT2D eigenvalue weighted by molar-refractivity contribution is 5.92. The second-order valence-electron chi connectivity index (χ2n) is 7.69. The SMILES string of the molecule is N[C@H]1CN(C(=O)C2CCN(C(=O)c3ccccn3)CC2)C[C@@H]1C1CC1. The first-order valence-corrected chi connectivity index (χ1v) is 9.38. The maximum absolute atomic E-state index is 12.8. The van der Waals surface area contributed by atoms with Gasteiger partial charge in [-0.2, -0.15) is 0 Å². The van der Waals surface area contributed by atoms with Gasteiger partial charge in [0.15, 0.2) is 0 Å². The maximum atomic E-state index is 12.8. The topological polar surface area (TPSA) is 79.5 Å². The Labute approximate surface area is 148 Å². The first kappa shape index (κ1) is 16.5. The lowest BCUT2D eigenvalue weighted by Gasteiger charge is -2.33. The smallest absolute Gasteiger partial charge is 0.272 e. The second-order valence-corrected chi connectivity index (χ2v) is 7.69. The fourth-order valence-corrected chi connectivity index (χ4v) is 4.30. The molecule has 3 heterocycles. The van der Waals surface area contributed by atoms with Gasteiger partial charge in [0.05, 0.1) is 0 Å². The highest BCUT2D eigenvalue weighted by atomic mass is 16.2. The summed E-state index contributed by atoms with van der Waals surface area (Å²) in [7, 11) is 0. The normalized spacial score (nSPS) is 27.6. The third-order valence-electron chi connectivity index (χ3n) is 5.97. The predicted molar refractivity (Wildman–Crippen MR) is 93.6 cm³/mol. The van der Waals surface area contributed by atoms with E-state index < -0.39 is 0 Å². The molecular formula is C19H26N4O2. The predicted octanol–water partition coefficient (Wildman–Crippen LogP) is 1.13. The first-order chi connectivity index (χ1) is 12.1. The van der Waals surface area contributed by atoms with E-state index in [0.29, 0.717) is 31.2 Å². The number of pyridine rings is 1. The number of carbonyl (C=O) groups is 2. The standard InChI is InChI=1S/C19H26N4O2/c20-16-12-23(11-15(16)13-4-5-13)18(24)14-6-9-22(10-7-14)19(25)17-3-1-2-8-21-17/h1-3,8,13-16H,4-7,9-12,20H2/t15-,16+/m1/s1. The summed E-state index contributed by atoms with van der Waals surface area (Å²) in [5, 5.41) is 0. The van der Waals surface area contributed by atoms with Crippen molar-refractivity contribution in [2.75, 3.05) is 26.2 Å². The molecular weight excluding hydrogens is 316 g/mol. The molecule has 0 spiro atoms. The van der Waals surface area contributed by atoms with Crippen LogP contribution in [-0.4, -0.2) is 58.8 Å². The van der Waals surface area contributed by atoms with Crippen LogP contribution in [0.2, 0.25) is 0 Å². The molecule has 1 aliphatic carbocycles. The molecule has 3 fully saturated rings. The average Bonchev–Trinajstić information content (AvgIpc) is 3.43. The monoisotopic (exact) mass is 342 g/mol. The van der Waals surface area contributed by atoms with E-state index in [2.05, 4.69) is 4.98 Å². The lowest BCUT2D eigenvalue weighted by Crippen LogP contribution is -2.44. The first-order valence-electron chi connectivity index (χ1n) is 9.38. The van der Waals surface area contributed by atoms with Gasteiger partial charge in [-0.1, -0.05) is 6.07 Å². The minimum absolute atomic E-state index is 0.0259. The Balaban J connectivity index is 1.31. The van der Waals surface area contributed by atoms with Crippen LogP contribution in [0.5, 0.6) is 0 Å². The molecule has 6 heteroatoms. The minimum Gasteiger partial charge on any atom is -0.341 e. The largest absolute Gasteiger partial charge is 0.341 e. The van der Waals surface area contributed by atoms with Gasteiger partial charge < -0.3 is 15.5 Å². The van der Waals surface area contributed by atoms with Crippen LogP contribution in [0.25, 0.3) is 0 Å². The van der Waals surface area contributed by atoms with Crippen molar-refractivity contribution in [1.29, 1.82) is 0 Å². The van der Waals surface area contributed by atoms with Crippen LogP contribution in [0.3, 0.4) is 0 Å². The van der Waals surface area contributed by atoms with Crippen molar-refractivity contribution in [3.63, 3.8) is 0 Å². The number of carbonyl (C=O) groups excluding carboxylic acids is 2. The zero-order chi connectivity index (χ0) is 17.4. The molecule has 134 valence electrons. The van der Waals surface area contributed by atoms with Gasteiger partial charge in [-0.05, 0) is 49.7 Å². The van der Waals surface area contributed by atoms with Gasteiger partial charge in [-0.15, -0.1) is 0 Å². The van der Waals surface area contributed by atoms with Gasteiger partial charge in [0.25, 0.3) is 5.91 Å². The van der Waals surface area contributed by atoms with Crippen LogP contribution in [0.15, 0.2) is 24.4 Å². The molecule has 4 rings (SSSR count). The van der Waals surface area contributed by atoms with Gasteiger partial charge in [0, 0.05) is 44.3 Å². The van der Waals surface area contributed by atoms with E-state index in [1.807, 2.05) is 15.9 Å². The molecule has 1 aromatic rings. The van der Waals surface area contributed by atoms with Gasteiger partial charge in [0.2, 0.25) is 5.91 Å². The highest BCUT2D eigenvalue weighted by Crippen LogP contribution is 2.41. The van der Waals surface area contributed by atoms with Crippen molar-refractivity contribution in [2.45, 2.75) is 31.7 Å². The lowest BCUT2D eigenvalue weighted by molar-refractivity contribution is -0.136. The molecule has 3 aliphatic rings. The molecule has 1 aromatic heterocycles. The van der Waals surface area contributed by atoms with Gasteiger partial charge >= 0.3 is 0 Å². The number of nitrogens with zero attached hydrogens (tertiary/aromatic N) is 3.